The fraction of sp³-hybridized carbons (Fsp3) is 0.455. The van der Waals surface area contributed by atoms with Gasteiger partial charge in [-0.25, -0.2) is 0 Å². The Labute approximate surface area is 441 Å². The summed E-state index contributed by atoms with van der Waals surface area (Å²) in [6.45, 7) is 11.8. The number of amides is 1. The van der Waals surface area contributed by atoms with Crippen LogP contribution in [0.3, 0.4) is 0 Å². The van der Waals surface area contributed by atoms with Crippen molar-refractivity contribution in [2.75, 3.05) is 63.2 Å². The molecule has 1 unspecified atom stereocenters. The smallest absolute Gasteiger partial charge is 0.382 e. The van der Waals surface area contributed by atoms with Crippen molar-refractivity contribution in [3.63, 3.8) is 0 Å². The lowest BCUT2D eigenvalue weighted by Crippen LogP contribution is -2.44. The second-order valence-electron chi connectivity index (χ2n) is 19.8. The number of unbranched alkanes of at least 4 members (excludes halogenated alkanes) is 5. The van der Waals surface area contributed by atoms with E-state index in [9.17, 15) is 27.6 Å². The van der Waals surface area contributed by atoms with E-state index in [1.807, 2.05) is 49.4 Å². The maximum Gasteiger partial charge on any atom is 0.406 e. The molecule has 2 atom stereocenters. The maximum absolute atomic E-state index is 13.8. The van der Waals surface area contributed by atoms with Crippen LogP contribution >= 0.6 is 30.1 Å². The van der Waals surface area contributed by atoms with Gasteiger partial charge in [0.05, 0.1) is 30.0 Å². The average molecular weight is 1070 g/mol. The number of anilines is 2. The minimum Gasteiger partial charge on any atom is -0.382 e. The fourth-order valence-electron chi connectivity index (χ4n) is 9.70. The van der Waals surface area contributed by atoms with Crippen molar-refractivity contribution in [2.24, 2.45) is 4.99 Å². The SMILES string of the molecule is Cc1sc2c(c1C)C(c1ccc(Cl)cc1)=N[C@@H](CC(O)NCCCCCCCCNC(=O)CN1CCC(Nc3cccc4c3cc(C#CCNc3ccc(P(C)(C)=O)cc3)n4CC(F)(F)F)CC1)c1nnc(C)n1-2. The van der Waals surface area contributed by atoms with E-state index in [-0.39, 0.29) is 24.2 Å². The Morgan fingerprint density at radius 1 is 0.946 bits per heavy atom. The summed E-state index contributed by atoms with van der Waals surface area (Å²) in [7, 11) is -2.38. The van der Waals surface area contributed by atoms with E-state index in [4.69, 9.17) is 16.6 Å². The van der Waals surface area contributed by atoms with Gasteiger partial charge < -0.3 is 30.2 Å². The van der Waals surface area contributed by atoms with Crippen LogP contribution in [0.5, 0.6) is 0 Å². The van der Waals surface area contributed by atoms with E-state index in [0.29, 0.717) is 47.8 Å². The monoisotopic (exact) mass is 1070 g/mol. The summed E-state index contributed by atoms with van der Waals surface area (Å²) in [6.07, 6.45) is 2.72. The summed E-state index contributed by atoms with van der Waals surface area (Å²) >= 11 is 7.96. The Bertz CT molecular complexity index is 3040. The number of rotatable bonds is 21. The zero-order chi connectivity index (χ0) is 52.6. The summed E-state index contributed by atoms with van der Waals surface area (Å²) < 4.78 is 57.2. The number of carbonyl (C=O) groups is 1. The number of alkyl halides is 3. The molecule has 0 bridgehead atoms. The molecule has 1 fully saturated rings. The average Bonchev–Trinajstić information content (AvgIpc) is 3.98. The first-order chi connectivity index (χ1) is 35.4. The number of aliphatic hydroxyl groups is 1. The Kier molecular flexibility index (Phi) is 18.1. The normalized spacial score (nSPS) is 15.7. The topological polar surface area (TPSA) is 154 Å². The third-order valence-corrected chi connectivity index (χ3v) is 16.8. The number of piperidine rings is 1. The van der Waals surface area contributed by atoms with Crippen LogP contribution in [0.1, 0.15) is 103 Å². The standard InChI is InChI=1S/C55H67ClF3N10O3PS/c1-36-37(2)74-54-51(36)52(39-17-19-40(56)20-18-39)64-47(53-66-65-38(3)69(53)54)33-49(70)61-27-10-8-6-7-9-11-28-62-50(71)34-67-30-25-42(26-31-67)63-46-15-12-16-48-45(46)32-43(68(48)35-55(57,58)59)14-13-29-60-41-21-23-44(24-22-41)73(4,5)72/h12,15-24,32,42,47,49,60-61,63,70H,6-11,25-31,33-35H2,1-5H3,(H,62,71)/t47-,49?/m0/s1. The molecular weight excluding hydrogens is 1000 g/mol. The summed E-state index contributed by atoms with van der Waals surface area (Å²) in [5.41, 5.74) is 6.31. The van der Waals surface area contributed by atoms with Gasteiger partial charge in [-0.05, 0) is 132 Å². The minimum atomic E-state index is -4.44. The van der Waals surface area contributed by atoms with Crippen LogP contribution in [0.15, 0.2) is 77.8 Å². The Hall–Kier alpha value is -5.47. The number of aliphatic hydroxyl groups excluding tert-OH is 1. The number of nitrogens with zero attached hydrogens (tertiary/aromatic N) is 6. The van der Waals surface area contributed by atoms with Gasteiger partial charge in [-0.2, -0.15) is 13.2 Å². The number of thiophene rings is 1. The number of carbonyl (C=O) groups excluding carboxylic acids is 1. The van der Waals surface area contributed by atoms with Gasteiger partial charge in [-0.15, -0.1) is 21.5 Å². The fourth-order valence-corrected chi connectivity index (χ4v) is 11.9. The highest BCUT2D eigenvalue weighted by Crippen LogP contribution is 2.40. The molecular formula is C55H67ClF3N10O3PS. The summed E-state index contributed by atoms with van der Waals surface area (Å²) in [6, 6.07) is 21.7. The molecule has 8 rings (SSSR count). The van der Waals surface area contributed by atoms with Crippen LogP contribution in [-0.2, 0) is 15.9 Å². The molecule has 3 aromatic heterocycles. The highest BCUT2D eigenvalue weighted by molar-refractivity contribution is 7.70. The molecule has 74 heavy (non-hydrogen) atoms. The van der Waals surface area contributed by atoms with Crippen molar-refractivity contribution in [2.45, 2.75) is 110 Å². The van der Waals surface area contributed by atoms with Crippen molar-refractivity contribution >= 4 is 69.3 Å². The Morgan fingerprint density at radius 3 is 2.35 bits per heavy atom. The number of likely N-dealkylation sites (tertiary alicyclic amines) is 1. The number of halogens is 4. The molecule has 2 aliphatic heterocycles. The molecule has 394 valence electrons. The van der Waals surface area contributed by atoms with Crippen LogP contribution in [-0.4, -0.2) is 112 Å². The minimum absolute atomic E-state index is 0.00969. The van der Waals surface area contributed by atoms with Gasteiger partial charge in [-0.3, -0.25) is 24.6 Å². The highest BCUT2D eigenvalue weighted by Gasteiger charge is 2.33. The van der Waals surface area contributed by atoms with Crippen LogP contribution in [0.4, 0.5) is 24.5 Å². The first kappa shape index (κ1) is 54.8. The lowest BCUT2D eigenvalue weighted by molar-refractivity contribution is -0.140. The number of benzene rings is 3. The second kappa shape index (κ2) is 24.5. The molecule has 5 heterocycles. The van der Waals surface area contributed by atoms with Crippen LogP contribution < -0.4 is 26.6 Å². The second-order valence-corrected chi connectivity index (χ2v) is 24.7. The quantitative estimate of drug-likeness (QED) is 0.0205. The molecule has 0 radical (unpaired) electrons. The molecule has 0 saturated carbocycles. The summed E-state index contributed by atoms with van der Waals surface area (Å²) in [5.74, 6) is 7.45. The van der Waals surface area contributed by atoms with E-state index in [0.717, 1.165) is 114 Å². The lowest BCUT2D eigenvalue weighted by atomic mass is 9.99. The summed E-state index contributed by atoms with van der Waals surface area (Å²) in [4.78, 5) is 21.5. The molecule has 19 heteroatoms. The van der Waals surface area contributed by atoms with Gasteiger partial charge in [-0.1, -0.05) is 61.4 Å². The van der Waals surface area contributed by atoms with Gasteiger partial charge in [0.15, 0.2) is 5.82 Å². The Balaban J connectivity index is 0.721. The molecule has 13 nitrogen and oxygen atoms in total. The van der Waals surface area contributed by atoms with E-state index in [2.05, 4.69) is 66.6 Å². The molecule has 2 aliphatic rings. The molecule has 3 aromatic carbocycles. The van der Waals surface area contributed by atoms with Gasteiger partial charge >= 0.3 is 6.18 Å². The lowest BCUT2D eigenvalue weighted by Gasteiger charge is -2.32. The molecule has 0 aliphatic carbocycles. The van der Waals surface area contributed by atoms with Crippen molar-refractivity contribution in [1.82, 2.24) is 34.9 Å². The van der Waals surface area contributed by atoms with Crippen molar-refractivity contribution in [3.8, 4) is 16.8 Å². The number of aryl methyl sites for hydroxylation is 2. The zero-order valence-corrected chi connectivity index (χ0v) is 45.3. The van der Waals surface area contributed by atoms with Gasteiger partial charge in [0.25, 0.3) is 0 Å². The zero-order valence-electron chi connectivity index (χ0n) is 42.8. The molecule has 5 N–H and O–H groups in total. The van der Waals surface area contributed by atoms with Gasteiger partial charge in [0.2, 0.25) is 5.91 Å². The Morgan fingerprint density at radius 2 is 1.65 bits per heavy atom. The van der Waals surface area contributed by atoms with Crippen molar-refractivity contribution < 1.29 is 27.6 Å². The van der Waals surface area contributed by atoms with Crippen LogP contribution in [0.2, 0.25) is 5.02 Å². The van der Waals surface area contributed by atoms with E-state index < -0.39 is 32.1 Å². The van der Waals surface area contributed by atoms with Crippen LogP contribution in [0.25, 0.3) is 15.9 Å². The number of aliphatic imine (C=N–C) groups is 1. The van der Waals surface area contributed by atoms with Crippen molar-refractivity contribution in [1.29, 1.82) is 0 Å². The number of aromatic nitrogens is 4. The number of fused-ring (bicyclic) bond motifs is 4. The molecule has 1 amide bonds. The maximum atomic E-state index is 13.8. The highest BCUT2D eigenvalue weighted by atomic mass is 35.5. The third kappa shape index (κ3) is 14.1. The van der Waals surface area contributed by atoms with E-state index >= 15 is 0 Å². The first-order valence-corrected chi connectivity index (χ1v) is 29.3. The summed E-state index contributed by atoms with van der Waals surface area (Å²) in [5, 5.41) is 36.5. The molecule has 6 aromatic rings. The van der Waals surface area contributed by atoms with Crippen LogP contribution in [0, 0.1) is 32.6 Å². The predicted octanol–water partition coefficient (Wildman–Crippen LogP) is 10.4. The van der Waals surface area contributed by atoms with E-state index in [1.54, 1.807) is 55.0 Å². The first-order valence-electron chi connectivity index (χ1n) is 25.5. The van der Waals surface area contributed by atoms with Gasteiger partial charge in [0.1, 0.15) is 36.8 Å². The van der Waals surface area contributed by atoms with E-state index in [1.165, 1.54) is 9.44 Å². The molecule has 1 saturated heterocycles. The number of nitrogens with one attached hydrogen (secondary N) is 4. The number of hydrogen-bond acceptors (Lipinski definition) is 11. The predicted molar refractivity (Wildman–Crippen MR) is 295 cm³/mol. The number of hydrogen-bond donors (Lipinski definition) is 5. The van der Waals surface area contributed by atoms with Crippen molar-refractivity contribution in [3.05, 3.63) is 117 Å². The third-order valence-electron chi connectivity index (χ3n) is 13.8. The molecule has 0 spiro atoms. The largest absolute Gasteiger partial charge is 0.406 e. The van der Waals surface area contributed by atoms with Gasteiger partial charge in [0, 0.05) is 75.2 Å².